The van der Waals surface area contributed by atoms with Gasteiger partial charge in [0.2, 0.25) is 29.5 Å². The molecule has 4 aliphatic rings. The molecule has 5 aromatic carbocycles. The number of carbonyl (C=O) groups is 7. The van der Waals surface area contributed by atoms with E-state index >= 15 is 0 Å². The Balaban J connectivity index is 0.895. The van der Waals surface area contributed by atoms with Crippen LogP contribution >= 0.6 is 0 Å². The highest BCUT2D eigenvalue weighted by Gasteiger charge is 2.42. The predicted octanol–water partition coefficient (Wildman–Crippen LogP) is 3.51. The first-order chi connectivity index (χ1) is 36.3. The normalized spacial score (nSPS) is 16.7. The minimum absolute atomic E-state index is 0.0407. The van der Waals surface area contributed by atoms with Crippen molar-refractivity contribution in [2.75, 3.05) is 66.1 Å². The maximum atomic E-state index is 14.1. The summed E-state index contributed by atoms with van der Waals surface area (Å²) in [4.78, 5) is 92.8. The van der Waals surface area contributed by atoms with Crippen LogP contribution in [0.25, 0.3) is 0 Å². The number of amides is 7. The number of para-hydroxylation sites is 2. The number of nitrogens with two attached hydrogens (primary N) is 1. The van der Waals surface area contributed by atoms with E-state index in [4.69, 9.17) is 24.7 Å². The van der Waals surface area contributed by atoms with Gasteiger partial charge in [0, 0.05) is 48.6 Å². The molecule has 390 valence electrons. The maximum absolute atomic E-state index is 14.1. The van der Waals surface area contributed by atoms with E-state index in [9.17, 15) is 38.7 Å². The Hall–Kier alpha value is -8.85. The van der Waals surface area contributed by atoms with E-state index in [0.29, 0.717) is 77.5 Å². The molecular weight excluding hydrogens is 967 g/mol. The van der Waals surface area contributed by atoms with E-state index in [-0.39, 0.29) is 67.5 Å². The van der Waals surface area contributed by atoms with Gasteiger partial charge in [-0.2, -0.15) is 0 Å². The molecule has 21 heteroatoms. The van der Waals surface area contributed by atoms with Crippen molar-refractivity contribution in [2.24, 2.45) is 5.73 Å². The summed E-state index contributed by atoms with van der Waals surface area (Å²) in [6, 6.07) is 26.5. The van der Waals surface area contributed by atoms with Gasteiger partial charge in [0.25, 0.3) is 11.8 Å². The molecule has 4 heterocycles. The summed E-state index contributed by atoms with van der Waals surface area (Å²) in [6.45, 7) is -0.894. The molecule has 7 amide bonds. The fourth-order valence-electron chi connectivity index (χ4n) is 9.72. The zero-order valence-corrected chi connectivity index (χ0v) is 41.3. The summed E-state index contributed by atoms with van der Waals surface area (Å²) in [5.74, 6) is -2.01. The summed E-state index contributed by atoms with van der Waals surface area (Å²) >= 11 is 0. The average molecular weight is 1020 g/mol. The summed E-state index contributed by atoms with van der Waals surface area (Å²) in [7, 11) is 2.94. The van der Waals surface area contributed by atoms with E-state index in [2.05, 4.69) is 31.9 Å². The van der Waals surface area contributed by atoms with Crippen LogP contribution in [0.4, 0.5) is 28.4 Å². The van der Waals surface area contributed by atoms with Gasteiger partial charge in [-0.25, -0.2) is 0 Å². The van der Waals surface area contributed by atoms with Crippen molar-refractivity contribution >= 4 is 69.8 Å². The Bertz CT molecular complexity index is 3080. The van der Waals surface area contributed by atoms with E-state index < -0.39 is 54.9 Å². The first kappa shape index (κ1) is 51.1. The molecule has 75 heavy (non-hydrogen) atoms. The molecule has 0 radical (unpaired) electrons. The highest BCUT2D eigenvalue weighted by molar-refractivity contribution is 6.13. The number of carbonyl (C=O) groups excluding carboxylic acids is 7. The molecule has 5 aromatic rings. The van der Waals surface area contributed by atoms with Gasteiger partial charge in [0.15, 0.2) is 23.0 Å². The van der Waals surface area contributed by atoms with Gasteiger partial charge in [0.05, 0.1) is 68.4 Å². The van der Waals surface area contributed by atoms with Gasteiger partial charge in [0.1, 0.15) is 19.4 Å². The number of rotatable bonds is 20. The highest BCUT2D eigenvalue weighted by atomic mass is 16.5. The highest BCUT2D eigenvalue weighted by Crippen LogP contribution is 2.43. The molecule has 0 spiro atoms. The third kappa shape index (κ3) is 11.5. The van der Waals surface area contributed by atoms with Crippen LogP contribution in [0.15, 0.2) is 91.0 Å². The van der Waals surface area contributed by atoms with Gasteiger partial charge in [-0.05, 0) is 90.4 Å². The molecule has 0 fully saturated rings. The second kappa shape index (κ2) is 22.5. The lowest BCUT2D eigenvalue weighted by Gasteiger charge is -2.26. The van der Waals surface area contributed by atoms with Gasteiger partial charge in [-0.1, -0.05) is 36.4 Å². The molecule has 9 rings (SSSR count). The summed E-state index contributed by atoms with van der Waals surface area (Å²) in [5, 5.41) is 28.0. The molecule has 0 aromatic heterocycles. The number of nitrogens with one attached hydrogen (secondary N) is 6. The third-order valence-electron chi connectivity index (χ3n) is 13.3. The van der Waals surface area contributed by atoms with Crippen molar-refractivity contribution < 1.29 is 57.6 Å². The number of methoxy groups -OCH3 is 2. The first-order valence-electron chi connectivity index (χ1n) is 24.5. The summed E-state index contributed by atoms with van der Waals surface area (Å²) < 4.78 is 24.2. The quantitative estimate of drug-likeness (QED) is 0.0519. The molecule has 0 aliphatic carbocycles. The molecule has 4 aliphatic heterocycles. The number of nitrogens with zero attached hydrogens (tertiary/aromatic N) is 2. The van der Waals surface area contributed by atoms with Crippen LogP contribution < -0.4 is 66.4 Å². The summed E-state index contributed by atoms with van der Waals surface area (Å²) in [5.41, 5.74) is 11.9. The molecule has 0 saturated carbocycles. The van der Waals surface area contributed by atoms with Crippen LogP contribution in [0.5, 0.6) is 23.0 Å². The number of primary amides is 1. The van der Waals surface area contributed by atoms with E-state index in [1.165, 1.54) is 14.2 Å². The SMILES string of the molecule is COc1cc2c(cc1OCc1cc(COc3cc4c(cc3OC)C(=O)N3c5ccccc5C[C@H]3C(O)N4)cc(NC(=O)CNC(=O)CNC(=O)CNC(=O)CCCCC(N)=O)c1)NC[C@@H]1Cc3ccccc3N1C2=O. The first-order valence-corrected chi connectivity index (χ1v) is 24.5. The number of aliphatic hydroxyl groups excluding tert-OH is 1. The molecule has 0 bridgehead atoms. The van der Waals surface area contributed by atoms with Crippen LogP contribution in [0.3, 0.4) is 0 Å². The van der Waals surface area contributed by atoms with Gasteiger partial charge < -0.3 is 71.5 Å². The Labute approximate surface area is 431 Å². The lowest BCUT2D eigenvalue weighted by atomic mass is 10.1. The van der Waals surface area contributed by atoms with Crippen LogP contribution in [0.2, 0.25) is 0 Å². The van der Waals surface area contributed by atoms with E-state index in [1.807, 2.05) is 59.5 Å². The zero-order valence-electron chi connectivity index (χ0n) is 41.3. The molecule has 3 atom stereocenters. The Kier molecular flexibility index (Phi) is 15.3. The average Bonchev–Trinajstić information content (AvgIpc) is 3.93. The number of benzene rings is 5. The van der Waals surface area contributed by atoms with Gasteiger partial charge in [-0.15, -0.1) is 0 Å². The van der Waals surface area contributed by atoms with Crippen molar-refractivity contribution in [3.05, 3.63) is 124 Å². The van der Waals surface area contributed by atoms with E-state index in [0.717, 1.165) is 22.5 Å². The second-order valence-electron chi connectivity index (χ2n) is 18.5. The predicted molar refractivity (Wildman–Crippen MR) is 276 cm³/mol. The minimum atomic E-state index is -1.10. The Morgan fingerprint density at radius 1 is 0.640 bits per heavy atom. The number of unbranched alkanes of at least 4 members (excludes halogenated alkanes) is 1. The largest absolute Gasteiger partial charge is 0.493 e. The number of hydrogen-bond acceptors (Lipinski definition) is 14. The fourth-order valence-corrected chi connectivity index (χ4v) is 9.72. The number of hydrogen-bond donors (Lipinski definition) is 8. The smallest absolute Gasteiger partial charge is 0.260 e. The van der Waals surface area contributed by atoms with Crippen molar-refractivity contribution in [1.82, 2.24) is 16.0 Å². The lowest BCUT2D eigenvalue weighted by molar-refractivity contribution is -0.128. The third-order valence-corrected chi connectivity index (χ3v) is 13.3. The molecule has 1 unspecified atom stereocenters. The topological polar surface area (TPSA) is 281 Å². The molecule has 0 saturated heterocycles. The number of aliphatic hydroxyl groups is 1. The number of anilines is 5. The second-order valence-corrected chi connectivity index (χ2v) is 18.5. The van der Waals surface area contributed by atoms with Gasteiger partial charge >= 0.3 is 0 Å². The van der Waals surface area contributed by atoms with Crippen LogP contribution in [0.1, 0.15) is 68.7 Å². The van der Waals surface area contributed by atoms with Crippen LogP contribution in [0, 0.1) is 0 Å². The summed E-state index contributed by atoms with van der Waals surface area (Å²) in [6.07, 6.45) is 1.21. The molecular formula is C54H57N9O12. The van der Waals surface area contributed by atoms with Crippen LogP contribution in [-0.4, -0.2) is 105 Å². The minimum Gasteiger partial charge on any atom is -0.493 e. The standard InChI is InChI=1S/C54H57N9O12/c1-72-43-20-36-38(56-24-35-18-32-9-3-5-11-40(32)62(35)53(36)70)22-45(43)74-28-30-15-31(17-34(16-30)60-51(68)27-59-50(67)26-58-49(66)25-57-48(65)14-8-7-13-47(55)64)29-75-46-23-39-37(21-44(46)73-2)54(71)63-41-12-6-4-10-33(41)19-42(63)52(69)61-39/h3-6,9-12,15-17,20-23,35,42,52,56,61,69H,7-8,13-14,18-19,24-29H2,1-2H3,(H2,55,64)(H,57,65)(H,58,66)(H,59,67)(H,60,68)/t35-,42-,52?/m0/s1. The number of fused-ring (bicyclic) bond motifs is 8. The lowest BCUT2D eigenvalue weighted by Crippen LogP contribution is -2.45. The van der Waals surface area contributed by atoms with Crippen molar-refractivity contribution in [3.8, 4) is 23.0 Å². The van der Waals surface area contributed by atoms with Crippen LogP contribution in [-0.2, 0) is 50.0 Å². The molecule has 21 nitrogen and oxygen atoms in total. The van der Waals surface area contributed by atoms with Crippen molar-refractivity contribution in [2.45, 2.75) is 70.1 Å². The van der Waals surface area contributed by atoms with Crippen molar-refractivity contribution in [3.63, 3.8) is 0 Å². The fraction of sp³-hybridized carbons (Fsp3) is 0.315. The monoisotopic (exact) mass is 1020 g/mol. The Morgan fingerprint density at radius 2 is 1.17 bits per heavy atom. The zero-order chi connectivity index (χ0) is 52.8. The van der Waals surface area contributed by atoms with Gasteiger partial charge in [-0.3, -0.25) is 33.6 Å². The molecule has 9 N–H and O–H groups in total. The van der Waals surface area contributed by atoms with Crippen molar-refractivity contribution in [1.29, 1.82) is 0 Å². The number of ether oxygens (including phenoxy) is 4. The Morgan fingerprint density at radius 3 is 1.80 bits per heavy atom. The maximum Gasteiger partial charge on any atom is 0.260 e. The van der Waals surface area contributed by atoms with E-state index in [1.54, 1.807) is 41.3 Å².